The molecule has 0 saturated carbocycles. The lowest BCUT2D eigenvalue weighted by Gasteiger charge is -2.20. The third kappa shape index (κ3) is 6.76. The van der Waals surface area contributed by atoms with Gasteiger partial charge in [-0.15, -0.1) is 11.8 Å². The van der Waals surface area contributed by atoms with Gasteiger partial charge in [-0.25, -0.2) is 0 Å². The smallest absolute Gasteiger partial charge is 0.319 e. The van der Waals surface area contributed by atoms with Crippen LogP contribution in [0.2, 0.25) is 0 Å². The quantitative estimate of drug-likeness (QED) is 0.699. The van der Waals surface area contributed by atoms with Crippen LogP contribution in [0.4, 0.5) is 0 Å². The summed E-state index contributed by atoms with van der Waals surface area (Å²) in [6.07, 6.45) is -0.534. The second kappa shape index (κ2) is 6.35. The van der Waals surface area contributed by atoms with Crippen LogP contribution in [-0.2, 0) is 9.53 Å². The van der Waals surface area contributed by atoms with E-state index < -0.39 is 16.8 Å². The van der Waals surface area contributed by atoms with Crippen molar-refractivity contribution < 1.29 is 19.7 Å². The number of carboxylic acid groups (broad SMARTS) is 1. The van der Waals surface area contributed by atoms with Crippen LogP contribution in [0.3, 0.4) is 0 Å². The average Bonchev–Trinajstić information content (AvgIpc) is 2.11. The van der Waals surface area contributed by atoms with Gasteiger partial charge in [0.1, 0.15) is 4.75 Å². The van der Waals surface area contributed by atoms with Crippen LogP contribution in [-0.4, -0.2) is 45.5 Å². The Kier molecular flexibility index (Phi) is 6.24. The highest BCUT2D eigenvalue weighted by Gasteiger charge is 2.28. The highest BCUT2D eigenvalue weighted by atomic mass is 32.2. The lowest BCUT2D eigenvalue weighted by molar-refractivity contribution is -0.138. The lowest BCUT2D eigenvalue weighted by Crippen LogP contribution is -2.30. The predicted molar refractivity (Wildman–Crippen MR) is 61.3 cm³/mol. The number of aliphatic carboxylic acids is 1. The number of ether oxygens (including phenoxy) is 1. The maximum atomic E-state index is 10.8. The molecule has 0 aromatic rings. The molecule has 0 aromatic carbocycles. The van der Waals surface area contributed by atoms with Crippen LogP contribution in [0, 0.1) is 0 Å². The topological polar surface area (TPSA) is 66.8 Å². The highest BCUT2D eigenvalue weighted by molar-refractivity contribution is 8.01. The van der Waals surface area contributed by atoms with E-state index in [0.717, 1.165) is 0 Å². The van der Waals surface area contributed by atoms with Crippen molar-refractivity contribution in [2.75, 3.05) is 12.4 Å². The van der Waals surface area contributed by atoms with Crippen LogP contribution in [0.1, 0.15) is 27.7 Å². The monoisotopic (exact) mass is 236 g/mol. The average molecular weight is 236 g/mol. The number of hydrogen-bond donors (Lipinski definition) is 2. The minimum atomic E-state index is -0.871. The number of aliphatic hydroxyl groups excluding tert-OH is 1. The van der Waals surface area contributed by atoms with Gasteiger partial charge in [-0.2, -0.15) is 0 Å². The molecule has 1 atom stereocenters. The molecule has 0 fully saturated rings. The van der Waals surface area contributed by atoms with Crippen molar-refractivity contribution >= 4 is 17.7 Å². The van der Waals surface area contributed by atoms with Gasteiger partial charge < -0.3 is 14.9 Å². The lowest BCUT2D eigenvalue weighted by atomic mass is 10.2. The predicted octanol–water partition coefficient (Wildman–Crippen LogP) is 1.37. The summed E-state index contributed by atoms with van der Waals surface area (Å²) in [5.74, 6) is -0.504. The summed E-state index contributed by atoms with van der Waals surface area (Å²) in [6.45, 7) is 7.27. The third-order valence-corrected chi connectivity index (χ3v) is 3.22. The van der Waals surface area contributed by atoms with Crippen molar-refractivity contribution in [3.05, 3.63) is 0 Å². The van der Waals surface area contributed by atoms with Crippen LogP contribution in [0.25, 0.3) is 0 Å². The molecular weight excluding hydrogens is 216 g/mol. The number of hydrogen-bond acceptors (Lipinski definition) is 4. The maximum absolute atomic E-state index is 10.8. The van der Waals surface area contributed by atoms with Crippen molar-refractivity contribution in [1.82, 2.24) is 0 Å². The van der Waals surface area contributed by atoms with Gasteiger partial charge in [-0.05, 0) is 27.7 Å². The molecule has 4 nitrogen and oxygen atoms in total. The van der Waals surface area contributed by atoms with Gasteiger partial charge in [0.25, 0.3) is 0 Å². The van der Waals surface area contributed by atoms with Crippen molar-refractivity contribution in [3.8, 4) is 0 Å². The molecule has 90 valence electrons. The summed E-state index contributed by atoms with van der Waals surface area (Å²) in [5, 5.41) is 18.3. The summed E-state index contributed by atoms with van der Waals surface area (Å²) in [7, 11) is 0. The molecule has 0 spiro atoms. The number of carboxylic acids is 1. The molecule has 0 radical (unpaired) electrons. The Balaban J connectivity index is 3.80. The van der Waals surface area contributed by atoms with E-state index in [1.807, 2.05) is 13.8 Å². The zero-order chi connectivity index (χ0) is 12.1. The SMILES string of the molecule is CC(C)OCC(O)CSC(C)(C)C(=O)O. The summed E-state index contributed by atoms with van der Waals surface area (Å²) in [5.41, 5.74) is 0. The van der Waals surface area contributed by atoms with E-state index in [-0.39, 0.29) is 12.7 Å². The maximum Gasteiger partial charge on any atom is 0.319 e. The second-order valence-electron chi connectivity index (χ2n) is 4.16. The van der Waals surface area contributed by atoms with Crippen molar-refractivity contribution in [2.24, 2.45) is 0 Å². The Morgan fingerprint density at radius 1 is 1.47 bits per heavy atom. The largest absolute Gasteiger partial charge is 0.480 e. The Hall–Kier alpha value is -0.260. The standard InChI is InChI=1S/C10H20O4S/c1-7(2)14-5-8(11)6-15-10(3,4)9(12)13/h7-8,11H,5-6H2,1-4H3,(H,12,13). The zero-order valence-electron chi connectivity index (χ0n) is 9.69. The molecule has 0 aliphatic heterocycles. The van der Waals surface area contributed by atoms with Gasteiger partial charge >= 0.3 is 5.97 Å². The molecule has 0 heterocycles. The van der Waals surface area contributed by atoms with E-state index in [2.05, 4.69) is 0 Å². The molecule has 0 aromatic heterocycles. The minimum Gasteiger partial charge on any atom is -0.480 e. The molecule has 0 aliphatic carbocycles. The highest BCUT2D eigenvalue weighted by Crippen LogP contribution is 2.25. The van der Waals surface area contributed by atoms with Crippen molar-refractivity contribution in [2.45, 2.75) is 44.6 Å². The fraction of sp³-hybridized carbons (Fsp3) is 0.900. The molecular formula is C10H20O4S. The van der Waals surface area contributed by atoms with Gasteiger partial charge in [0, 0.05) is 5.75 Å². The Bertz CT molecular complexity index is 204. The summed E-state index contributed by atoms with van der Waals surface area (Å²) < 4.78 is 4.36. The Morgan fingerprint density at radius 2 is 2.00 bits per heavy atom. The first kappa shape index (κ1) is 14.7. The van der Waals surface area contributed by atoms with E-state index in [4.69, 9.17) is 9.84 Å². The molecule has 15 heavy (non-hydrogen) atoms. The molecule has 5 heteroatoms. The van der Waals surface area contributed by atoms with Gasteiger partial charge in [-0.1, -0.05) is 0 Å². The fourth-order valence-electron chi connectivity index (χ4n) is 0.718. The first-order valence-corrected chi connectivity index (χ1v) is 5.91. The summed E-state index contributed by atoms with van der Waals surface area (Å²) in [6, 6.07) is 0. The number of carbonyl (C=O) groups is 1. The van der Waals surface area contributed by atoms with E-state index in [1.54, 1.807) is 13.8 Å². The first-order chi connectivity index (χ1) is 6.75. The first-order valence-electron chi connectivity index (χ1n) is 4.92. The molecule has 1 unspecified atom stereocenters. The summed E-state index contributed by atoms with van der Waals surface area (Å²) in [4.78, 5) is 10.8. The van der Waals surface area contributed by atoms with Gasteiger partial charge in [-0.3, -0.25) is 4.79 Å². The molecule has 0 aliphatic rings. The van der Waals surface area contributed by atoms with Crippen LogP contribution >= 0.6 is 11.8 Å². The van der Waals surface area contributed by atoms with E-state index in [0.29, 0.717) is 5.75 Å². The second-order valence-corrected chi connectivity index (χ2v) is 5.81. The molecule has 0 rings (SSSR count). The van der Waals surface area contributed by atoms with Crippen molar-refractivity contribution in [3.63, 3.8) is 0 Å². The number of thioether (sulfide) groups is 1. The molecule has 0 saturated heterocycles. The Morgan fingerprint density at radius 3 is 2.40 bits per heavy atom. The third-order valence-electron chi connectivity index (χ3n) is 1.77. The molecule has 0 bridgehead atoms. The van der Waals surface area contributed by atoms with Crippen LogP contribution in [0.5, 0.6) is 0 Å². The fourth-order valence-corrected chi connectivity index (χ4v) is 1.55. The number of rotatable bonds is 7. The summed E-state index contributed by atoms with van der Waals surface area (Å²) >= 11 is 1.22. The van der Waals surface area contributed by atoms with Crippen LogP contribution in [0.15, 0.2) is 0 Å². The minimum absolute atomic E-state index is 0.0807. The van der Waals surface area contributed by atoms with Gasteiger partial charge in [0.15, 0.2) is 0 Å². The van der Waals surface area contributed by atoms with E-state index in [9.17, 15) is 9.90 Å². The van der Waals surface area contributed by atoms with E-state index in [1.165, 1.54) is 11.8 Å². The van der Waals surface area contributed by atoms with Gasteiger partial charge in [0.05, 0.1) is 18.8 Å². The van der Waals surface area contributed by atoms with E-state index >= 15 is 0 Å². The Labute approximate surface area is 95.0 Å². The molecule has 2 N–H and O–H groups in total. The number of aliphatic hydroxyl groups is 1. The molecule has 0 amide bonds. The zero-order valence-corrected chi connectivity index (χ0v) is 10.5. The van der Waals surface area contributed by atoms with Crippen molar-refractivity contribution in [1.29, 1.82) is 0 Å². The van der Waals surface area contributed by atoms with Crippen LogP contribution < -0.4 is 0 Å². The normalized spacial score (nSPS) is 14.3. The van der Waals surface area contributed by atoms with Gasteiger partial charge in [0.2, 0.25) is 0 Å².